The molecule has 0 spiro atoms. The van der Waals surface area contributed by atoms with Crippen molar-refractivity contribution in [3.8, 4) is 0 Å². The van der Waals surface area contributed by atoms with E-state index in [0.29, 0.717) is 18.6 Å². The van der Waals surface area contributed by atoms with Crippen LogP contribution in [0.2, 0.25) is 0 Å². The van der Waals surface area contributed by atoms with Gasteiger partial charge in [0, 0.05) is 37.6 Å². The molecule has 0 aliphatic rings. The monoisotopic (exact) mass is 273 g/mol. The first kappa shape index (κ1) is 14.8. The number of fused-ring (bicyclic) bond motifs is 1. The van der Waals surface area contributed by atoms with Crippen molar-refractivity contribution in [3.63, 3.8) is 0 Å². The highest BCUT2D eigenvalue weighted by Gasteiger charge is 2.11. The van der Waals surface area contributed by atoms with Gasteiger partial charge in [-0.2, -0.15) is 0 Å². The number of hydrogen-bond donors (Lipinski definition) is 1. The number of benzene rings is 1. The Morgan fingerprint density at radius 3 is 2.80 bits per heavy atom. The summed E-state index contributed by atoms with van der Waals surface area (Å²) in [4.78, 5) is 11.6. The van der Waals surface area contributed by atoms with Crippen LogP contribution in [0.4, 0.5) is 0 Å². The Morgan fingerprint density at radius 2 is 2.10 bits per heavy atom. The molecule has 0 unspecified atom stereocenters. The maximum atomic E-state index is 11.6. The number of carbonyl (C=O) groups is 1. The third-order valence-electron chi connectivity index (χ3n) is 3.69. The summed E-state index contributed by atoms with van der Waals surface area (Å²) in [6.07, 6.45) is 1.22. The Hall–Kier alpha value is -1.65. The molecule has 0 bridgehead atoms. The molecular weight excluding hydrogens is 250 g/mol. The fourth-order valence-corrected chi connectivity index (χ4v) is 2.40. The Kier molecular flexibility index (Phi) is 4.93. The summed E-state index contributed by atoms with van der Waals surface area (Å²) in [5, 5.41) is 3.27. The summed E-state index contributed by atoms with van der Waals surface area (Å²) in [5.74, 6) is 0.315. The second-order valence-electron chi connectivity index (χ2n) is 5.07. The van der Waals surface area contributed by atoms with E-state index < -0.39 is 0 Å². The number of nitrogens with one attached hydrogen (secondary N) is 1. The van der Waals surface area contributed by atoms with Crippen LogP contribution in [0, 0.1) is 0 Å². The Balaban J connectivity index is 2.31. The van der Waals surface area contributed by atoms with E-state index in [2.05, 4.69) is 34.3 Å². The van der Waals surface area contributed by atoms with Crippen molar-refractivity contribution in [2.24, 2.45) is 0 Å². The molecule has 0 fully saturated rings. The van der Waals surface area contributed by atoms with Gasteiger partial charge in [-0.3, -0.25) is 10.2 Å². The molecule has 1 aromatic heterocycles. The molecule has 2 rings (SSSR count). The van der Waals surface area contributed by atoms with E-state index in [0.717, 1.165) is 13.1 Å². The van der Waals surface area contributed by atoms with Gasteiger partial charge in [0.15, 0.2) is 0 Å². The fourth-order valence-electron chi connectivity index (χ4n) is 2.40. The maximum absolute atomic E-state index is 11.6. The first-order chi connectivity index (χ1) is 9.65. The molecule has 1 aromatic carbocycles. The molecule has 20 heavy (non-hydrogen) atoms. The van der Waals surface area contributed by atoms with Crippen molar-refractivity contribution in [2.45, 2.75) is 32.9 Å². The zero-order chi connectivity index (χ0) is 14.5. The predicted molar refractivity (Wildman–Crippen MR) is 82.4 cm³/mol. The van der Waals surface area contributed by atoms with Crippen molar-refractivity contribution in [1.82, 2.24) is 15.0 Å². The third kappa shape index (κ3) is 3.26. The predicted octanol–water partition coefficient (Wildman–Crippen LogP) is 2.58. The normalized spacial score (nSPS) is 11.4. The van der Waals surface area contributed by atoms with Crippen LogP contribution in [0.5, 0.6) is 0 Å². The summed E-state index contributed by atoms with van der Waals surface area (Å²) in [5.41, 5.74) is 5.55. The number of rotatable bonds is 7. The topological polar surface area (TPSA) is 37.3 Å². The van der Waals surface area contributed by atoms with Crippen LogP contribution in [0.25, 0.3) is 10.9 Å². The molecular formula is C16H23N3O. The van der Waals surface area contributed by atoms with Crippen LogP contribution < -0.4 is 5.43 Å². The largest absolute Gasteiger partial charge is 0.343 e. The molecule has 2 aromatic rings. The molecule has 0 atom stereocenters. The van der Waals surface area contributed by atoms with E-state index in [1.807, 2.05) is 32.1 Å². The van der Waals surface area contributed by atoms with Crippen LogP contribution in [-0.4, -0.2) is 29.5 Å². The minimum absolute atomic E-state index is 0.315. The zero-order valence-corrected chi connectivity index (χ0v) is 12.5. The molecule has 108 valence electrons. The van der Waals surface area contributed by atoms with Gasteiger partial charge in [0.25, 0.3) is 0 Å². The molecule has 1 heterocycles. The molecule has 0 radical (unpaired) electrons. The van der Waals surface area contributed by atoms with Gasteiger partial charge in [-0.25, -0.2) is 5.01 Å². The Morgan fingerprint density at radius 1 is 1.35 bits per heavy atom. The number of ketones is 1. The van der Waals surface area contributed by atoms with Crippen molar-refractivity contribution in [3.05, 3.63) is 36.0 Å². The van der Waals surface area contributed by atoms with Crippen molar-refractivity contribution in [2.75, 3.05) is 14.1 Å². The lowest BCUT2D eigenvalue weighted by molar-refractivity contribution is -0.118. The molecule has 0 amide bonds. The van der Waals surface area contributed by atoms with E-state index in [9.17, 15) is 4.79 Å². The van der Waals surface area contributed by atoms with Gasteiger partial charge in [-0.05, 0) is 24.6 Å². The summed E-state index contributed by atoms with van der Waals surface area (Å²) < 4.78 is 2.26. The quantitative estimate of drug-likeness (QED) is 0.788. The van der Waals surface area contributed by atoms with Gasteiger partial charge in [0.2, 0.25) is 0 Å². The van der Waals surface area contributed by atoms with Crippen molar-refractivity contribution >= 4 is 16.7 Å². The summed E-state index contributed by atoms with van der Waals surface area (Å²) in [6, 6.07) is 10.5. The summed E-state index contributed by atoms with van der Waals surface area (Å²) in [7, 11) is 3.92. The van der Waals surface area contributed by atoms with Gasteiger partial charge >= 0.3 is 0 Å². The van der Waals surface area contributed by atoms with Gasteiger partial charge in [0.05, 0.1) is 6.54 Å². The van der Waals surface area contributed by atoms with E-state index in [1.54, 1.807) is 0 Å². The molecule has 0 saturated heterocycles. The third-order valence-corrected chi connectivity index (χ3v) is 3.69. The number of hydrazine groups is 1. The van der Waals surface area contributed by atoms with Crippen LogP contribution in [0.3, 0.4) is 0 Å². The highest BCUT2D eigenvalue weighted by molar-refractivity contribution is 5.82. The maximum Gasteiger partial charge on any atom is 0.134 e. The van der Waals surface area contributed by atoms with E-state index >= 15 is 0 Å². The molecule has 0 saturated carbocycles. The van der Waals surface area contributed by atoms with Gasteiger partial charge in [-0.1, -0.05) is 25.1 Å². The lowest BCUT2D eigenvalue weighted by Crippen LogP contribution is -2.31. The fraction of sp³-hybridized carbons (Fsp3) is 0.438. The lowest BCUT2D eigenvalue weighted by Gasteiger charge is -2.17. The van der Waals surface area contributed by atoms with Gasteiger partial charge in [0.1, 0.15) is 5.78 Å². The van der Waals surface area contributed by atoms with Gasteiger partial charge in [-0.15, -0.1) is 0 Å². The highest BCUT2D eigenvalue weighted by Crippen LogP contribution is 2.21. The number of hydrogen-bond acceptors (Lipinski definition) is 3. The number of Topliss-reactive ketones (excluding diaryl/α,β-unsaturated/α-hetero) is 1. The molecule has 0 aliphatic heterocycles. The number of carbonyl (C=O) groups excluding carboxylic acids is 1. The second-order valence-corrected chi connectivity index (χ2v) is 5.07. The van der Waals surface area contributed by atoms with E-state index in [4.69, 9.17) is 0 Å². The van der Waals surface area contributed by atoms with E-state index in [1.165, 1.54) is 16.6 Å². The molecule has 0 aliphatic carbocycles. The second kappa shape index (κ2) is 6.68. The average Bonchev–Trinajstić information content (AvgIpc) is 2.81. The zero-order valence-electron chi connectivity index (χ0n) is 12.5. The van der Waals surface area contributed by atoms with Crippen LogP contribution >= 0.6 is 0 Å². The SMILES string of the molecule is CCC(=O)CCn1c(CN(C)NC)cc2ccccc21. The van der Waals surface area contributed by atoms with E-state index in [-0.39, 0.29) is 0 Å². The minimum Gasteiger partial charge on any atom is -0.343 e. The van der Waals surface area contributed by atoms with Gasteiger partial charge < -0.3 is 4.57 Å². The standard InChI is InChI=1S/C16H23N3O/c1-4-15(20)9-10-19-14(12-18(3)17-2)11-13-7-5-6-8-16(13)19/h5-8,11,17H,4,9-10,12H2,1-3H3. The minimum atomic E-state index is 0.315. The summed E-state index contributed by atoms with van der Waals surface area (Å²) in [6.45, 7) is 3.49. The average molecular weight is 273 g/mol. The first-order valence-corrected chi connectivity index (χ1v) is 7.13. The molecule has 4 heteroatoms. The number of aryl methyl sites for hydroxylation is 1. The van der Waals surface area contributed by atoms with Crippen LogP contribution in [0.1, 0.15) is 25.5 Å². The molecule has 1 N–H and O–H groups in total. The highest BCUT2D eigenvalue weighted by atomic mass is 16.1. The summed E-state index contributed by atoms with van der Waals surface area (Å²) >= 11 is 0. The number of nitrogens with zero attached hydrogens (tertiary/aromatic N) is 2. The lowest BCUT2D eigenvalue weighted by atomic mass is 10.2. The van der Waals surface area contributed by atoms with Crippen molar-refractivity contribution in [1.29, 1.82) is 0 Å². The number of aromatic nitrogens is 1. The first-order valence-electron chi connectivity index (χ1n) is 7.13. The Labute approximate surface area is 120 Å². The smallest absolute Gasteiger partial charge is 0.134 e. The molecule has 4 nitrogen and oxygen atoms in total. The van der Waals surface area contributed by atoms with Crippen LogP contribution in [-0.2, 0) is 17.9 Å². The van der Waals surface area contributed by atoms with Crippen molar-refractivity contribution < 1.29 is 4.79 Å². The number of para-hydroxylation sites is 1. The van der Waals surface area contributed by atoms with Crippen LogP contribution in [0.15, 0.2) is 30.3 Å². The Bertz CT molecular complexity index is 588.